The Morgan fingerprint density at radius 1 is 1.19 bits per heavy atom. The van der Waals surface area contributed by atoms with Gasteiger partial charge in [-0.3, -0.25) is 9.69 Å². The van der Waals surface area contributed by atoms with Crippen LogP contribution in [-0.2, 0) is 0 Å². The summed E-state index contributed by atoms with van der Waals surface area (Å²) in [7, 11) is 0. The van der Waals surface area contributed by atoms with Gasteiger partial charge in [0.1, 0.15) is 12.4 Å². The van der Waals surface area contributed by atoms with Gasteiger partial charge in [0, 0.05) is 24.7 Å². The molecule has 1 aliphatic carbocycles. The van der Waals surface area contributed by atoms with Gasteiger partial charge in [-0.2, -0.15) is 0 Å². The number of hydrogen-bond donors (Lipinski definition) is 1. The maximum atomic E-state index is 13.0. The van der Waals surface area contributed by atoms with Gasteiger partial charge in [0.2, 0.25) is 0 Å². The van der Waals surface area contributed by atoms with E-state index in [1.807, 2.05) is 29.2 Å². The molecule has 2 heterocycles. The number of aliphatic hydroxyl groups excluding tert-OH is 1. The molecule has 1 aromatic rings. The van der Waals surface area contributed by atoms with Crippen LogP contribution in [0.15, 0.2) is 24.3 Å². The van der Waals surface area contributed by atoms with E-state index in [1.165, 1.54) is 25.9 Å². The average molecular weight is 373 g/mol. The molecule has 5 heteroatoms. The fourth-order valence-corrected chi connectivity index (χ4v) is 5.21. The predicted octanol–water partition coefficient (Wildman–Crippen LogP) is 2.93. The largest absolute Gasteiger partial charge is 0.492 e. The second-order valence-electron chi connectivity index (χ2n) is 8.78. The van der Waals surface area contributed by atoms with Gasteiger partial charge in [0.05, 0.1) is 6.10 Å². The topological polar surface area (TPSA) is 53.0 Å². The first-order valence-corrected chi connectivity index (χ1v) is 10.5. The summed E-state index contributed by atoms with van der Waals surface area (Å²) in [5.41, 5.74) is 0.795. The van der Waals surface area contributed by atoms with Crippen LogP contribution in [0.5, 0.6) is 5.75 Å². The van der Waals surface area contributed by atoms with Gasteiger partial charge in [0.25, 0.3) is 5.91 Å². The monoisotopic (exact) mass is 372 g/mol. The number of nitrogens with zero attached hydrogens (tertiary/aromatic N) is 2. The number of hydrogen-bond acceptors (Lipinski definition) is 4. The molecule has 0 aromatic heterocycles. The Hall–Kier alpha value is -1.59. The minimum absolute atomic E-state index is 0.0615. The summed E-state index contributed by atoms with van der Waals surface area (Å²) in [6.45, 7) is 7.06. The number of amides is 1. The van der Waals surface area contributed by atoms with Crippen LogP contribution in [0.3, 0.4) is 0 Å². The van der Waals surface area contributed by atoms with E-state index >= 15 is 0 Å². The van der Waals surface area contributed by atoms with Crippen molar-refractivity contribution in [3.05, 3.63) is 29.8 Å². The van der Waals surface area contributed by atoms with Crippen LogP contribution in [0.1, 0.15) is 55.8 Å². The Morgan fingerprint density at radius 3 is 2.67 bits per heavy atom. The van der Waals surface area contributed by atoms with E-state index in [0.717, 1.165) is 50.1 Å². The summed E-state index contributed by atoms with van der Waals surface area (Å²) >= 11 is 0. The van der Waals surface area contributed by atoms with Gasteiger partial charge in [0.15, 0.2) is 0 Å². The van der Waals surface area contributed by atoms with Crippen molar-refractivity contribution >= 4 is 5.91 Å². The summed E-state index contributed by atoms with van der Waals surface area (Å²) in [5.74, 6) is 0.946. The van der Waals surface area contributed by atoms with Crippen LogP contribution in [0, 0.1) is 5.41 Å². The zero-order valence-electron chi connectivity index (χ0n) is 16.4. The van der Waals surface area contributed by atoms with Crippen LogP contribution in [0.2, 0.25) is 0 Å². The molecule has 1 N–H and O–H groups in total. The second-order valence-corrected chi connectivity index (χ2v) is 8.78. The minimum atomic E-state index is -0.210. The Bertz CT molecular complexity index is 656. The molecule has 0 unspecified atom stereocenters. The zero-order chi connectivity index (χ0) is 18.9. The first kappa shape index (κ1) is 18.8. The zero-order valence-corrected chi connectivity index (χ0v) is 16.4. The Balaban J connectivity index is 1.34. The third kappa shape index (κ3) is 3.99. The highest BCUT2D eigenvalue weighted by molar-refractivity contribution is 5.94. The summed E-state index contributed by atoms with van der Waals surface area (Å²) < 4.78 is 5.85. The van der Waals surface area contributed by atoms with E-state index in [9.17, 15) is 9.90 Å². The number of benzene rings is 1. The number of carbonyl (C=O) groups is 1. The lowest BCUT2D eigenvalue weighted by atomic mass is 9.71. The van der Waals surface area contributed by atoms with E-state index in [-0.39, 0.29) is 23.5 Å². The van der Waals surface area contributed by atoms with Crippen LogP contribution >= 0.6 is 0 Å². The molecule has 2 saturated heterocycles. The number of rotatable bonds is 5. The first-order valence-electron chi connectivity index (χ1n) is 10.5. The van der Waals surface area contributed by atoms with Crippen LogP contribution in [0.25, 0.3) is 0 Å². The Labute approximate surface area is 162 Å². The quantitative estimate of drug-likeness (QED) is 0.863. The molecule has 2 aliphatic heterocycles. The molecule has 3 fully saturated rings. The van der Waals surface area contributed by atoms with E-state index in [4.69, 9.17) is 4.74 Å². The van der Waals surface area contributed by atoms with Gasteiger partial charge < -0.3 is 14.7 Å². The van der Waals surface area contributed by atoms with E-state index in [0.29, 0.717) is 6.61 Å². The fourth-order valence-electron chi connectivity index (χ4n) is 5.21. The van der Waals surface area contributed by atoms with Crippen molar-refractivity contribution in [1.29, 1.82) is 0 Å². The minimum Gasteiger partial charge on any atom is -0.492 e. The van der Waals surface area contributed by atoms with Crippen molar-refractivity contribution in [1.82, 2.24) is 9.80 Å². The van der Waals surface area contributed by atoms with Gasteiger partial charge >= 0.3 is 0 Å². The third-order valence-electron chi connectivity index (χ3n) is 6.82. The molecule has 3 atom stereocenters. The summed E-state index contributed by atoms with van der Waals surface area (Å²) in [6, 6.07) is 7.86. The number of fused-ring (bicyclic) bond motifs is 1. The molecule has 1 amide bonds. The highest BCUT2D eigenvalue weighted by Gasteiger charge is 2.48. The molecule has 5 nitrogen and oxygen atoms in total. The molecule has 3 aliphatic rings. The third-order valence-corrected chi connectivity index (χ3v) is 6.82. The maximum absolute atomic E-state index is 13.0. The lowest BCUT2D eigenvalue weighted by Crippen LogP contribution is -2.46. The summed E-state index contributed by atoms with van der Waals surface area (Å²) in [4.78, 5) is 17.5. The number of likely N-dealkylation sites (tertiary alicyclic amines) is 2. The molecular weight excluding hydrogens is 340 g/mol. The van der Waals surface area contributed by atoms with E-state index in [2.05, 4.69) is 11.8 Å². The molecule has 0 radical (unpaired) electrons. The van der Waals surface area contributed by atoms with Crippen molar-refractivity contribution in [2.24, 2.45) is 5.41 Å². The van der Waals surface area contributed by atoms with Crippen LogP contribution in [-0.4, -0.2) is 65.7 Å². The van der Waals surface area contributed by atoms with E-state index < -0.39 is 0 Å². The standard InChI is InChI=1S/C22H32N2O3/c1-22-10-13-24(20(22)9-6-18(25)16-22)21(26)17-4-7-19(8-5-17)27-15-14-23-11-2-3-12-23/h4-5,7-8,18,20,25H,2-3,6,9-16H2,1H3/t18-,20-,22+/m1/s1. The first-order chi connectivity index (χ1) is 13.0. The lowest BCUT2D eigenvalue weighted by Gasteiger charge is -2.41. The highest BCUT2D eigenvalue weighted by atomic mass is 16.5. The maximum Gasteiger partial charge on any atom is 0.254 e. The Kier molecular flexibility index (Phi) is 5.42. The van der Waals surface area contributed by atoms with Crippen LogP contribution in [0.4, 0.5) is 0 Å². The summed E-state index contributed by atoms with van der Waals surface area (Å²) in [5, 5.41) is 10.0. The second kappa shape index (κ2) is 7.80. The summed E-state index contributed by atoms with van der Waals surface area (Å²) in [6.07, 6.45) is 5.88. The van der Waals surface area contributed by atoms with E-state index in [1.54, 1.807) is 0 Å². The predicted molar refractivity (Wildman–Crippen MR) is 105 cm³/mol. The SMILES string of the molecule is C[C@@]12CCN(C(=O)c3ccc(OCCN4CCCC4)cc3)[C@@H]1CC[C@@H](O)C2. The van der Waals surface area contributed by atoms with Crippen molar-refractivity contribution < 1.29 is 14.6 Å². The lowest BCUT2D eigenvalue weighted by molar-refractivity contribution is 0.0211. The molecule has 0 spiro atoms. The number of aliphatic hydroxyl groups is 1. The average Bonchev–Trinajstić information content (AvgIpc) is 3.28. The molecule has 148 valence electrons. The van der Waals surface area contributed by atoms with Gasteiger partial charge in [-0.15, -0.1) is 0 Å². The molecule has 1 aromatic carbocycles. The fraction of sp³-hybridized carbons (Fsp3) is 0.682. The van der Waals surface area contributed by atoms with Gasteiger partial charge in [-0.05, 0) is 81.3 Å². The highest BCUT2D eigenvalue weighted by Crippen LogP contribution is 2.47. The molecule has 1 saturated carbocycles. The van der Waals surface area contributed by atoms with Crippen molar-refractivity contribution in [2.75, 3.05) is 32.8 Å². The van der Waals surface area contributed by atoms with Crippen LogP contribution < -0.4 is 4.74 Å². The Morgan fingerprint density at radius 2 is 1.93 bits per heavy atom. The molecule has 27 heavy (non-hydrogen) atoms. The molecule has 0 bridgehead atoms. The molecule has 4 rings (SSSR count). The molecular formula is C22H32N2O3. The normalized spacial score (nSPS) is 31.1. The van der Waals surface area contributed by atoms with Crippen molar-refractivity contribution in [3.63, 3.8) is 0 Å². The van der Waals surface area contributed by atoms with Gasteiger partial charge in [-0.1, -0.05) is 6.92 Å². The smallest absolute Gasteiger partial charge is 0.254 e. The van der Waals surface area contributed by atoms with Crippen molar-refractivity contribution in [2.45, 2.75) is 57.6 Å². The number of ether oxygens (including phenoxy) is 1. The van der Waals surface area contributed by atoms with Gasteiger partial charge in [-0.25, -0.2) is 0 Å². The van der Waals surface area contributed by atoms with Crippen molar-refractivity contribution in [3.8, 4) is 5.75 Å². The number of carbonyl (C=O) groups excluding carboxylic acids is 1.